The molecule has 2 unspecified atom stereocenters. The molecule has 0 bridgehead atoms. The zero-order valence-corrected chi connectivity index (χ0v) is 11.0. The summed E-state index contributed by atoms with van der Waals surface area (Å²) >= 11 is 0. The van der Waals surface area contributed by atoms with Crippen molar-refractivity contribution in [2.75, 3.05) is 26.7 Å². The normalized spacial score (nSPS) is 30.9. The minimum absolute atomic E-state index is 0.795. The number of likely N-dealkylation sites (N-methyl/N-ethyl adjacent to an activating group) is 1. The summed E-state index contributed by atoms with van der Waals surface area (Å²) in [4.78, 5) is 2.50. The lowest BCUT2D eigenvalue weighted by Gasteiger charge is -2.30. The Labute approximate surface area is 101 Å². The third kappa shape index (κ3) is 4.06. The summed E-state index contributed by atoms with van der Waals surface area (Å²) in [6, 6.07) is 0.795. The lowest BCUT2D eigenvalue weighted by molar-refractivity contribution is 0.258. The topological polar surface area (TPSA) is 15.3 Å². The van der Waals surface area contributed by atoms with Gasteiger partial charge in [0.05, 0.1) is 0 Å². The molecule has 0 heterocycles. The van der Waals surface area contributed by atoms with E-state index >= 15 is 0 Å². The van der Waals surface area contributed by atoms with Crippen LogP contribution in [0.4, 0.5) is 0 Å². The molecular formula is C14H28N2. The quantitative estimate of drug-likeness (QED) is 0.746. The zero-order valence-electron chi connectivity index (χ0n) is 11.0. The van der Waals surface area contributed by atoms with E-state index in [0.717, 1.165) is 17.9 Å². The van der Waals surface area contributed by atoms with Gasteiger partial charge in [0.1, 0.15) is 0 Å². The molecule has 2 nitrogen and oxygen atoms in total. The van der Waals surface area contributed by atoms with Crippen molar-refractivity contribution in [2.45, 2.75) is 51.5 Å². The average molecular weight is 224 g/mol. The molecule has 0 aromatic heterocycles. The number of nitrogens with zero attached hydrogens (tertiary/aromatic N) is 1. The molecule has 0 radical (unpaired) electrons. The fourth-order valence-electron chi connectivity index (χ4n) is 2.89. The molecule has 2 atom stereocenters. The summed E-state index contributed by atoms with van der Waals surface area (Å²) in [5.74, 6) is 1.92. The van der Waals surface area contributed by atoms with Gasteiger partial charge in [-0.05, 0) is 44.6 Å². The van der Waals surface area contributed by atoms with E-state index in [1.165, 1.54) is 58.2 Å². The van der Waals surface area contributed by atoms with Gasteiger partial charge >= 0.3 is 0 Å². The Bertz CT molecular complexity index is 201. The molecule has 0 aliphatic heterocycles. The van der Waals surface area contributed by atoms with Crippen LogP contribution in [-0.4, -0.2) is 37.6 Å². The highest BCUT2D eigenvalue weighted by Crippen LogP contribution is 2.29. The summed E-state index contributed by atoms with van der Waals surface area (Å²) in [6.07, 6.45) is 8.64. The summed E-state index contributed by atoms with van der Waals surface area (Å²) in [6.45, 7) is 6.13. The van der Waals surface area contributed by atoms with Crippen LogP contribution in [0.25, 0.3) is 0 Å². The van der Waals surface area contributed by atoms with Crippen molar-refractivity contribution >= 4 is 0 Å². The second-order valence-corrected chi connectivity index (χ2v) is 6.03. The Morgan fingerprint density at radius 1 is 1.12 bits per heavy atom. The van der Waals surface area contributed by atoms with Gasteiger partial charge < -0.3 is 10.2 Å². The van der Waals surface area contributed by atoms with E-state index < -0.39 is 0 Å². The SMILES string of the molecule is CC1CCCCC1NCCN(C)CC1CC1. The predicted molar refractivity (Wildman–Crippen MR) is 69.6 cm³/mol. The third-order valence-electron chi connectivity index (χ3n) is 4.28. The molecule has 1 N–H and O–H groups in total. The van der Waals surface area contributed by atoms with Crippen LogP contribution in [0.1, 0.15) is 45.4 Å². The Hall–Kier alpha value is -0.0800. The van der Waals surface area contributed by atoms with Crippen LogP contribution in [0.5, 0.6) is 0 Å². The van der Waals surface area contributed by atoms with Crippen molar-refractivity contribution < 1.29 is 0 Å². The van der Waals surface area contributed by atoms with Crippen molar-refractivity contribution in [3.8, 4) is 0 Å². The first-order chi connectivity index (χ1) is 7.75. The van der Waals surface area contributed by atoms with Gasteiger partial charge in [-0.1, -0.05) is 19.8 Å². The molecule has 2 rings (SSSR count). The van der Waals surface area contributed by atoms with Gasteiger partial charge in [0.2, 0.25) is 0 Å². The Kier molecular flexibility index (Phi) is 4.66. The van der Waals surface area contributed by atoms with Gasteiger partial charge in [0.25, 0.3) is 0 Å². The van der Waals surface area contributed by atoms with Gasteiger partial charge in [0, 0.05) is 25.7 Å². The highest BCUT2D eigenvalue weighted by atomic mass is 15.1. The number of hydrogen-bond acceptors (Lipinski definition) is 2. The van der Waals surface area contributed by atoms with E-state index in [1.54, 1.807) is 0 Å². The largest absolute Gasteiger partial charge is 0.312 e. The fraction of sp³-hybridized carbons (Fsp3) is 1.00. The standard InChI is InChI=1S/C14H28N2/c1-12-5-3-4-6-14(12)15-9-10-16(2)11-13-7-8-13/h12-15H,3-11H2,1-2H3. The van der Waals surface area contributed by atoms with Crippen LogP contribution in [0.3, 0.4) is 0 Å². The van der Waals surface area contributed by atoms with Gasteiger partial charge in [-0.25, -0.2) is 0 Å². The molecule has 0 aromatic carbocycles. The molecule has 16 heavy (non-hydrogen) atoms. The monoisotopic (exact) mass is 224 g/mol. The number of hydrogen-bond donors (Lipinski definition) is 1. The van der Waals surface area contributed by atoms with E-state index in [4.69, 9.17) is 0 Å². The number of nitrogens with one attached hydrogen (secondary N) is 1. The first-order valence-electron chi connectivity index (χ1n) is 7.17. The Morgan fingerprint density at radius 2 is 1.88 bits per heavy atom. The van der Waals surface area contributed by atoms with Gasteiger partial charge in [-0.2, -0.15) is 0 Å². The third-order valence-corrected chi connectivity index (χ3v) is 4.28. The van der Waals surface area contributed by atoms with Crippen molar-refractivity contribution in [2.24, 2.45) is 11.8 Å². The van der Waals surface area contributed by atoms with Gasteiger partial charge in [0.15, 0.2) is 0 Å². The molecule has 2 saturated carbocycles. The smallest absolute Gasteiger partial charge is 0.0104 e. The van der Waals surface area contributed by atoms with Crippen LogP contribution < -0.4 is 5.32 Å². The summed E-state index contributed by atoms with van der Waals surface area (Å²) in [5.41, 5.74) is 0. The summed E-state index contributed by atoms with van der Waals surface area (Å²) in [5, 5.41) is 3.75. The predicted octanol–water partition coefficient (Wildman–Crippen LogP) is 2.50. The van der Waals surface area contributed by atoms with E-state index in [2.05, 4.69) is 24.2 Å². The maximum Gasteiger partial charge on any atom is 0.0104 e. The second kappa shape index (κ2) is 6.02. The maximum absolute atomic E-state index is 3.75. The van der Waals surface area contributed by atoms with E-state index in [0.29, 0.717) is 0 Å². The lowest BCUT2D eigenvalue weighted by atomic mass is 9.86. The molecule has 0 saturated heterocycles. The van der Waals surface area contributed by atoms with Gasteiger partial charge in [-0.3, -0.25) is 0 Å². The Morgan fingerprint density at radius 3 is 2.56 bits per heavy atom. The highest BCUT2D eigenvalue weighted by Gasteiger charge is 2.23. The van der Waals surface area contributed by atoms with Gasteiger partial charge in [-0.15, -0.1) is 0 Å². The van der Waals surface area contributed by atoms with Crippen molar-refractivity contribution in [1.29, 1.82) is 0 Å². The van der Waals surface area contributed by atoms with Crippen LogP contribution >= 0.6 is 0 Å². The molecule has 2 fully saturated rings. The number of rotatable bonds is 6. The van der Waals surface area contributed by atoms with Crippen LogP contribution in [0, 0.1) is 11.8 Å². The average Bonchev–Trinajstić information content (AvgIpc) is 3.05. The lowest BCUT2D eigenvalue weighted by Crippen LogP contribution is -2.41. The van der Waals surface area contributed by atoms with Crippen LogP contribution in [0.2, 0.25) is 0 Å². The highest BCUT2D eigenvalue weighted by molar-refractivity contribution is 4.79. The van der Waals surface area contributed by atoms with Crippen molar-refractivity contribution in [3.05, 3.63) is 0 Å². The zero-order chi connectivity index (χ0) is 11.4. The molecule has 2 aliphatic rings. The molecular weight excluding hydrogens is 196 g/mol. The summed E-state index contributed by atoms with van der Waals surface area (Å²) in [7, 11) is 2.27. The molecule has 94 valence electrons. The van der Waals surface area contributed by atoms with Crippen LogP contribution in [0.15, 0.2) is 0 Å². The molecule has 0 amide bonds. The second-order valence-electron chi connectivity index (χ2n) is 6.03. The maximum atomic E-state index is 3.75. The van der Waals surface area contributed by atoms with E-state index in [1.807, 2.05) is 0 Å². The molecule has 0 spiro atoms. The minimum Gasteiger partial charge on any atom is -0.312 e. The van der Waals surface area contributed by atoms with Crippen molar-refractivity contribution in [1.82, 2.24) is 10.2 Å². The first kappa shape index (κ1) is 12.4. The van der Waals surface area contributed by atoms with Crippen molar-refractivity contribution in [3.63, 3.8) is 0 Å². The van der Waals surface area contributed by atoms with E-state index in [-0.39, 0.29) is 0 Å². The Balaban J connectivity index is 1.55. The molecule has 0 aromatic rings. The minimum atomic E-state index is 0.795. The molecule has 2 heteroatoms. The first-order valence-corrected chi connectivity index (χ1v) is 7.17. The van der Waals surface area contributed by atoms with E-state index in [9.17, 15) is 0 Å². The molecule has 2 aliphatic carbocycles. The summed E-state index contributed by atoms with van der Waals surface area (Å²) < 4.78 is 0. The fourth-order valence-corrected chi connectivity index (χ4v) is 2.89. The van der Waals surface area contributed by atoms with Crippen LogP contribution in [-0.2, 0) is 0 Å².